The van der Waals surface area contributed by atoms with E-state index < -0.39 is 0 Å². The van der Waals surface area contributed by atoms with Gasteiger partial charge in [-0.1, -0.05) is 12.8 Å². The van der Waals surface area contributed by atoms with Gasteiger partial charge in [0.2, 0.25) is 0 Å². The zero-order valence-electron chi connectivity index (χ0n) is 8.54. The Morgan fingerprint density at radius 1 is 1.00 bits per heavy atom. The second kappa shape index (κ2) is 4.43. The number of hydrogen-bond donors (Lipinski definition) is 1. The first-order chi connectivity index (χ1) is 6.40. The fraction of sp³-hybridized carbons (Fsp3) is 1.00. The smallest absolute Gasteiger partial charge is 0.00952 e. The molecule has 1 aliphatic carbocycles. The van der Waals surface area contributed by atoms with Crippen molar-refractivity contribution in [3.8, 4) is 0 Å². The van der Waals surface area contributed by atoms with Gasteiger partial charge < -0.3 is 10.6 Å². The lowest BCUT2D eigenvalue weighted by Gasteiger charge is -2.35. The highest BCUT2D eigenvalue weighted by molar-refractivity contribution is 4.81. The third-order valence-electron chi connectivity index (χ3n) is 3.82. The van der Waals surface area contributed by atoms with Crippen molar-refractivity contribution in [1.29, 1.82) is 0 Å². The van der Waals surface area contributed by atoms with Gasteiger partial charge in [0.25, 0.3) is 0 Å². The van der Waals surface area contributed by atoms with Crippen LogP contribution in [0.5, 0.6) is 0 Å². The summed E-state index contributed by atoms with van der Waals surface area (Å²) in [6.45, 7) is 3.53. The highest BCUT2D eigenvalue weighted by Crippen LogP contribution is 2.27. The van der Waals surface area contributed by atoms with Crippen LogP contribution in [0.2, 0.25) is 0 Å². The van der Waals surface area contributed by atoms with Crippen LogP contribution in [0.4, 0.5) is 0 Å². The monoisotopic (exact) mass is 182 g/mol. The maximum absolute atomic E-state index is 5.68. The number of piperidine rings is 1. The van der Waals surface area contributed by atoms with E-state index in [1.165, 1.54) is 51.6 Å². The molecule has 13 heavy (non-hydrogen) atoms. The molecule has 0 amide bonds. The Morgan fingerprint density at radius 2 is 1.62 bits per heavy atom. The summed E-state index contributed by atoms with van der Waals surface area (Å²) in [5.74, 6) is 0.817. The van der Waals surface area contributed by atoms with Crippen molar-refractivity contribution in [2.24, 2.45) is 11.7 Å². The number of hydrogen-bond acceptors (Lipinski definition) is 2. The van der Waals surface area contributed by atoms with E-state index in [0.29, 0.717) is 0 Å². The molecule has 0 aromatic carbocycles. The standard InChI is InChI=1S/C11H22N2/c12-9-10-5-7-13(8-6-10)11-3-1-2-4-11/h10-11H,1-9,12H2. The van der Waals surface area contributed by atoms with Gasteiger partial charge in [0, 0.05) is 6.04 Å². The molecule has 0 atom stereocenters. The number of likely N-dealkylation sites (tertiary alicyclic amines) is 1. The first kappa shape index (κ1) is 9.47. The minimum atomic E-state index is 0.817. The van der Waals surface area contributed by atoms with Gasteiger partial charge >= 0.3 is 0 Å². The normalized spacial score (nSPS) is 28.4. The Labute approximate surface area is 81.5 Å². The summed E-state index contributed by atoms with van der Waals surface area (Å²) in [6.07, 6.45) is 8.50. The average molecular weight is 182 g/mol. The van der Waals surface area contributed by atoms with Crippen molar-refractivity contribution in [3.05, 3.63) is 0 Å². The first-order valence-electron chi connectivity index (χ1n) is 5.84. The van der Waals surface area contributed by atoms with Crippen molar-refractivity contribution in [2.45, 2.75) is 44.6 Å². The van der Waals surface area contributed by atoms with Gasteiger partial charge in [0.15, 0.2) is 0 Å². The predicted octanol–water partition coefficient (Wildman–Crippen LogP) is 1.60. The van der Waals surface area contributed by atoms with E-state index in [0.717, 1.165) is 18.5 Å². The van der Waals surface area contributed by atoms with E-state index in [2.05, 4.69) is 4.90 Å². The summed E-state index contributed by atoms with van der Waals surface area (Å²) >= 11 is 0. The molecule has 2 aliphatic rings. The molecule has 0 aromatic rings. The van der Waals surface area contributed by atoms with Gasteiger partial charge in [-0.25, -0.2) is 0 Å². The van der Waals surface area contributed by atoms with Crippen LogP contribution in [0.25, 0.3) is 0 Å². The maximum Gasteiger partial charge on any atom is 0.00952 e. The minimum absolute atomic E-state index is 0.817. The molecule has 2 heteroatoms. The lowest BCUT2D eigenvalue weighted by Crippen LogP contribution is -2.41. The Balaban J connectivity index is 1.77. The van der Waals surface area contributed by atoms with Gasteiger partial charge in [0.1, 0.15) is 0 Å². The van der Waals surface area contributed by atoms with E-state index in [-0.39, 0.29) is 0 Å². The second-order valence-electron chi connectivity index (χ2n) is 4.65. The molecule has 2 nitrogen and oxygen atoms in total. The van der Waals surface area contributed by atoms with Crippen molar-refractivity contribution >= 4 is 0 Å². The quantitative estimate of drug-likeness (QED) is 0.703. The highest BCUT2D eigenvalue weighted by atomic mass is 15.2. The van der Waals surface area contributed by atoms with E-state index >= 15 is 0 Å². The molecule has 1 aliphatic heterocycles. The molecular formula is C11H22N2. The molecular weight excluding hydrogens is 160 g/mol. The Bertz CT molecular complexity index is 144. The van der Waals surface area contributed by atoms with Crippen LogP contribution in [0, 0.1) is 5.92 Å². The fourth-order valence-electron chi connectivity index (χ4n) is 2.82. The fourth-order valence-corrected chi connectivity index (χ4v) is 2.82. The summed E-state index contributed by atoms with van der Waals surface area (Å²) in [4.78, 5) is 2.71. The second-order valence-corrected chi connectivity index (χ2v) is 4.65. The molecule has 1 heterocycles. The molecule has 0 bridgehead atoms. The number of nitrogens with zero attached hydrogens (tertiary/aromatic N) is 1. The van der Waals surface area contributed by atoms with E-state index in [9.17, 15) is 0 Å². The SMILES string of the molecule is NCC1CCN(C2CCCC2)CC1. The molecule has 2 fully saturated rings. The van der Waals surface area contributed by atoms with Gasteiger partial charge in [-0.2, -0.15) is 0 Å². The maximum atomic E-state index is 5.68. The van der Waals surface area contributed by atoms with Gasteiger partial charge in [-0.3, -0.25) is 0 Å². The van der Waals surface area contributed by atoms with Crippen LogP contribution in [0.3, 0.4) is 0 Å². The Kier molecular flexibility index (Phi) is 3.23. The average Bonchev–Trinajstić information content (AvgIpc) is 2.71. The predicted molar refractivity (Wildman–Crippen MR) is 55.6 cm³/mol. The van der Waals surface area contributed by atoms with Gasteiger partial charge in [-0.05, 0) is 51.2 Å². The van der Waals surface area contributed by atoms with E-state index in [4.69, 9.17) is 5.73 Å². The van der Waals surface area contributed by atoms with Crippen LogP contribution in [-0.2, 0) is 0 Å². The molecule has 0 spiro atoms. The third kappa shape index (κ3) is 2.23. The topological polar surface area (TPSA) is 29.3 Å². The summed E-state index contributed by atoms with van der Waals surface area (Å²) in [5, 5.41) is 0. The van der Waals surface area contributed by atoms with Crippen molar-refractivity contribution in [1.82, 2.24) is 4.90 Å². The van der Waals surface area contributed by atoms with Crippen LogP contribution in [0.1, 0.15) is 38.5 Å². The third-order valence-corrected chi connectivity index (χ3v) is 3.82. The van der Waals surface area contributed by atoms with Crippen LogP contribution < -0.4 is 5.73 Å². The first-order valence-corrected chi connectivity index (χ1v) is 5.84. The van der Waals surface area contributed by atoms with Crippen LogP contribution in [-0.4, -0.2) is 30.6 Å². The Morgan fingerprint density at radius 3 is 2.15 bits per heavy atom. The summed E-state index contributed by atoms with van der Waals surface area (Å²) in [6, 6.07) is 0.929. The minimum Gasteiger partial charge on any atom is -0.330 e. The molecule has 1 saturated heterocycles. The van der Waals surface area contributed by atoms with Crippen molar-refractivity contribution < 1.29 is 0 Å². The number of rotatable bonds is 2. The van der Waals surface area contributed by atoms with E-state index in [1.807, 2.05) is 0 Å². The van der Waals surface area contributed by atoms with Crippen molar-refractivity contribution in [2.75, 3.05) is 19.6 Å². The molecule has 2 N–H and O–H groups in total. The number of nitrogens with two attached hydrogens (primary N) is 1. The van der Waals surface area contributed by atoms with Gasteiger partial charge in [-0.15, -0.1) is 0 Å². The lowest BCUT2D eigenvalue weighted by molar-refractivity contribution is 0.136. The molecule has 76 valence electrons. The van der Waals surface area contributed by atoms with E-state index in [1.54, 1.807) is 0 Å². The zero-order chi connectivity index (χ0) is 9.10. The van der Waals surface area contributed by atoms with Crippen LogP contribution >= 0.6 is 0 Å². The Hall–Kier alpha value is -0.0800. The van der Waals surface area contributed by atoms with Crippen LogP contribution in [0.15, 0.2) is 0 Å². The summed E-state index contributed by atoms with van der Waals surface area (Å²) < 4.78 is 0. The molecule has 2 rings (SSSR count). The van der Waals surface area contributed by atoms with Crippen molar-refractivity contribution in [3.63, 3.8) is 0 Å². The highest BCUT2D eigenvalue weighted by Gasteiger charge is 2.26. The molecule has 1 saturated carbocycles. The molecule has 0 unspecified atom stereocenters. The largest absolute Gasteiger partial charge is 0.330 e. The van der Waals surface area contributed by atoms with Gasteiger partial charge in [0.05, 0.1) is 0 Å². The zero-order valence-corrected chi connectivity index (χ0v) is 8.54. The lowest BCUT2D eigenvalue weighted by atomic mass is 9.96. The summed E-state index contributed by atoms with van der Waals surface area (Å²) in [7, 11) is 0. The molecule has 0 radical (unpaired) electrons. The molecule has 0 aromatic heterocycles. The summed E-state index contributed by atoms with van der Waals surface area (Å²) in [5.41, 5.74) is 5.68.